The second-order valence-corrected chi connectivity index (χ2v) is 7.01. The monoisotopic (exact) mass is 367 g/mol. The van der Waals surface area contributed by atoms with E-state index in [-0.39, 0.29) is 18.0 Å². The molecule has 3 heterocycles. The molecule has 7 nitrogen and oxygen atoms in total. The first-order chi connectivity index (χ1) is 12.6. The molecule has 0 atom stereocenters. The second-order valence-electron chi connectivity index (χ2n) is 6.10. The van der Waals surface area contributed by atoms with Crippen molar-refractivity contribution >= 4 is 38.5 Å². The van der Waals surface area contributed by atoms with E-state index in [9.17, 15) is 9.59 Å². The number of benzene rings is 1. The molecule has 132 valence electrons. The molecule has 0 spiro atoms. The van der Waals surface area contributed by atoms with Crippen molar-refractivity contribution in [3.63, 3.8) is 0 Å². The lowest BCUT2D eigenvalue weighted by molar-refractivity contribution is -0.130. The quantitative estimate of drug-likeness (QED) is 0.566. The van der Waals surface area contributed by atoms with Gasteiger partial charge in [0.05, 0.1) is 23.1 Å². The fraction of sp³-hybridized carbons (Fsp3) is 0.222. The molecule has 1 amide bonds. The van der Waals surface area contributed by atoms with Crippen molar-refractivity contribution in [2.24, 2.45) is 0 Å². The van der Waals surface area contributed by atoms with Crippen molar-refractivity contribution in [2.45, 2.75) is 19.4 Å². The van der Waals surface area contributed by atoms with Gasteiger partial charge in [-0.3, -0.25) is 9.59 Å². The van der Waals surface area contributed by atoms with Crippen molar-refractivity contribution in [3.8, 4) is 0 Å². The van der Waals surface area contributed by atoms with Crippen LogP contribution in [0.4, 0.5) is 0 Å². The molecule has 0 aliphatic heterocycles. The Morgan fingerprint density at radius 1 is 1.12 bits per heavy atom. The third kappa shape index (κ3) is 3.23. The van der Waals surface area contributed by atoms with Crippen molar-refractivity contribution in [3.05, 3.63) is 57.7 Å². The maximum Gasteiger partial charge on any atom is 0.268 e. The van der Waals surface area contributed by atoms with Gasteiger partial charge in [-0.2, -0.15) is 0 Å². The maximum atomic E-state index is 12.4. The van der Waals surface area contributed by atoms with E-state index in [0.717, 1.165) is 16.9 Å². The van der Waals surface area contributed by atoms with E-state index in [2.05, 4.69) is 19.9 Å². The van der Waals surface area contributed by atoms with Gasteiger partial charge in [-0.15, -0.1) is 11.3 Å². The van der Waals surface area contributed by atoms with E-state index in [1.165, 1.54) is 11.3 Å². The number of aromatic amines is 2. The summed E-state index contributed by atoms with van der Waals surface area (Å²) in [6.07, 6.45) is 0.868. The number of hydrogen-bond acceptors (Lipinski definition) is 5. The van der Waals surface area contributed by atoms with E-state index in [4.69, 9.17) is 0 Å². The lowest BCUT2D eigenvalue weighted by Gasteiger charge is -2.16. The number of para-hydroxylation sites is 2. The van der Waals surface area contributed by atoms with Gasteiger partial charge in [0.15, 0.2) is 0 Å². The van der Waals surface area contributed by atoms with Gasteiger partial charge in [-0.25, -0.2) is 9.97 Å². The zero-order valence-electron chi connectivity index (χ0n) is 14.2. The summed E-state index contributed by atoms with van der Waals surface area (Å²) in [5.74, 6) is 1.25. The van der Waals surface area contributed by atoms with E-state index in [0.29, 0.717) is 28.9 Å². The normalized spacial score (nSPS) is 11.3. The Hall–Kier alpha value is -3.00. The molecule has 0 aliphatic carbocycles. The van der Waals surface area contributed by atoms with E-state index in [1.54, 1.807) is 11.9 Å². The van der Waals surface area contributed by atoms with Crippen LogP contribution in [-0.4, -0.2) is 37.8 Å². The lowest BCUT2D eigenvalue weighted by Crippen LogP contribution is -2.28. The number of H-pyrrole nitrogens is 2. The molecule has 8 heteroatoms. The third-order valence-corrected chi connectivity index (χ3v) is 5.09. The topological polar surface area (TPSA) is 94.7 Å². The number of rotatable bonds is 5. The summed E-state index contributed by atoms with van der Waals surface area (Å²) in [6, 6.07) is 9.58. The van der Waals surface area contributed by atoms with Gasteiger partial charge in [0.25, 0.3) is 5.56 Å². The largest absolute Gasteiger partial charge is 0.342 e. The number of aryl methyl sites for hydroxylation is 1. The number of amides is 1. The number of carbonyl (C=O) groups excluding carboxylic acids is 1. The number of nitrogens with one attached hydrogen (secondary N) is 2. The summed E-state index contributed by atoms with van der Waals surface area (Å²) in [5.41, 5.74) is 2.36. The highest BCUT2D eigenvalue weighted by atomic mass is 32.1. The number of imidazole rings is 1. The second kappa shape index (κ2) is 6.72. The van der Waals surface area contributed by atoms with Crippen molar-refractivity contribution in [1.29, 1.82) is 0 Å². The number of thiophene rings is 1. The first-order valence-corrected chi connectivity index (χ1v) is 9.12. The Morgan fingerprint density at radius 2 is 1.92 bits per heavy atom. The zero-order chi connectivity index (χ0) is 18.1. The van der Waals surface area contributed by atoms with Crippen LogP contribution in [0.15, 0.2) is 40.5 Å². The SMILES string of the molecule is CN(Cc1nc2ccsc2c(=O)[nH]1)C(=O)CCc1nc2ccccc2[nH]1. The molecule has 0 radical (unpaired) electrons. The summed E-state index contributed by atoms with van der Waals surface area (Å²) >= 11 is 1.36. The van der Waals surface area contributed by atoms with Crippen molar-refractivity contribution in [2.75, 3.05) is 7.05 Å². The summed E-state index contributed by atoms with van der Waals surface area (Å²) in [7, 11) is 1.71. The summed E-state index contributed by atoms with van der Waals surface area (Å²) in [6.45, 7) is 0.264. The van der Waals surface area contributed by atoms with Gasteiger partial charge in [-0.05, 0) is 23.6 Å². The molecule has 0 unspecified atom stereocenters. The predicted molar refractivity (Wildman–Crippen MR) is 101 cm³/mol. The number of fused-ring (bicyclic) bond motifs is 2. The fourth-order valence-corrected chi connectivity index (χ4v) is 3.58. The van der Waals surface area contributed by atoms with E-state index in [1.807, 2.05) is 35.7 Å². The minimum Gasteiger partial charge on any atom is -0.342 e. The Morgan fingerprint density at radius 3 is 2.77 bits per heavy atom. The number of nitrogens with zero attached hydrogens (tertiary/aromatic N) is 3. The highest BCUT2D eigenvalue weighted by Gasteiger charge is 2.13. The first kappa shape index (κ1) is 16.5. The molecule has 1 aromatic carbocycles. The number of carbonyl (C=O) groups is 1. The highest BCUT2D eigenvalue weighted by Crippen LogP contribution is 2.15. The van der Waals surface area contributed by atoms with Crippen LogP contribution in [0.3, 0.4) is 0 Å². The first-order valence-electron chi connectivity index (χ1n) is 8.24. The van der Waals surface area contributed by atoms with Crippen molar-refractivity contribution < 1.29 is 4.79 Å². The summed E-state index contributed by atoms with van der Waals surface area (Å²) in [5, 5.41) is 1.83. The highest BCUT2D eigenvalue weighted by molar-refractivity contribution is 7.17. The molecule has 4 aromatic rings. The Balaban J connectivity index is 1.41. The molecule has 0 saturated carbocycles. The van der Waals surface area contributed by atoms with Gasteiger partial charge in [0.1, 0.15) is 16.3 Å². The Bertz CT molecular complexity index is 1110. The average Bonchev–Trinajstić information content (AvgIpc) is 3.25. The molecule has 0 saturated heterocycles. The molecule has 2 N–H and O–H groups in total. The van der Waals surface area contributed by atoms with Crippen molar-refractivity contribution in [1.82, 2.24) is 24.8 Å². The molecule has 0 bridgehead atoms. The van der Waals surface area contributed by atoms with Crippen LogP contribution < -0.4 is 5.56 Å². The number of hydrogen-bond donors (Lipinski definition) is 2. The molecule has 26 heavy (non-hydrogen) atoms. The predicted octanol–water partition coefficient (Wildman–Crippen LogP) is 2.45. The van der Waals surface area contributed by atoms with E-state index < -0.39 is 0 Å². The molecule has 0 aliphatic rings. The molecular formula is C18H17N5O2S. The van der Waals surface area contributed by atoms with Gasteiger partial charge < -0.3 is 14.9 Å². The molecule has 3 aromatic heterocycles. The maximum absolute atomic E-state index is 12.4. The lowest BCUT2D eigenvalue weighted by atomic mass is 10.2. The number of aromatic nitrogens is 4. The molecule has 0 fully saturated rings. The van der Waals surface area contributed by atoms with E-state index >= 15 is 0 Å². The summed E-state index contributed by atoms with van der Waals surface area (Å²) in [4.78, 5) is 40.8. The Kier molecular flexibility index (Phi) is 4.26. The zero-order valence-corrected chi connectivity index (χ0v) is 15.0. The molecule has 4 rings (SSSR count). The summed E-state index contributed by atoms with van der Waals surface area (Å²) < 4.78 is 0.604. The average molecular weight is 367 g/mol. The minimum absolute atomic E-state index is 0.0291. The van der Waals surface area contributed by atoms with Crippen LogP contribution in [0.2, 0.25) is 0 Å². The van der Waals surface area contributed by atoms with Crippen LogP contribution >= 0.6 is 11.3 Å². The standard InChI is InChI=1S/C18H17N5O2S/c1-23(10-15-21-13-8-9-26-17(13)18(25)22-15)16(24)7-6-14-19-11-4-2-3-5-12(11)20-14/h2-5,8-9H,6-7,10H2,1H3,(H,19,20)(H,21,22,25). The van der Waals surface area contributed by atoms with Crippen LogP contribution in [0, 0.1) is 0 Å². The van der Waals surface area contributed by atoms with Crippen LogP contribution in [0.5, 0.6) is 0 Å². The smallest absolute Gasteiger partial charge is 0.268 e. The molecular weight excluding hydrogens is 350 g/mol. The van der Waals surface area contributed by atoms with Crippen LogP contribution in [0.25, 0.3) is 21.3 Å². The third-order valence-electron chi connectivity index (χ3n) is 4.19. The minimum atomic E-state index is -0.164. The van der Waals surface area contributed by atoms with Crippen LogP contribution in [0.1, 0.15) is 18.1 Å². The van der Waals surface area contributed by atoms with Gasteiger partial charge in [-0.1, -0.05) is 12.1 Å². The van der Waals surface area contributed by atoms with Gasteiger partial charge in [0.2, 0.25) is 5.91 Å². The fourth-order valence-electron chi connectivity index (χ4n) is 2.85. The Labute approximate surface area is 152 Å². The van der Waals surface area contributed by atoms with Gasteiger partial charge in [0, 0.05) is 19.9 Å². The van der Waals surface area contributed by atoms with Gasteiger partial charge >= 0.3 is 0 Å². The van der Waals surface area contributed by atoms with Crippen LogP contribution in [-0.2, 0) is 17.8 Å².